The molecule has 3 nitrogen and oxygen atoms in total. The molecular formula is C19H21NO2S. The Bertz CT molecular complexity index is 834. The number of nitrogens with one attached hydrogen (secondary N) is 1. The molecular weight excluding hydrogens is 306 g/mol. The van der Waals surface area contributed by atoms with Crippen LogP contribution in [-0.4, -0.2) is 14.7 Å². The van der Waals surface area contributed by atoms with Gasteiger partial charge in [-0.15, -0.1) is 0 Å². The van der Waals surface area contributed by atoms with Gasteiger partial charge in [0, 0.05) is 11.8 Å². The molecule has 0 unspecified atom stereocenters. The molecule has 0 aromatic rings. The van der Waals surface area contributed by atoms with Crippen LogP contribution in [0.2, 0.25) is 0 Å². The van der Waals surface area contributed by atoms with Gasteiger partial charge in [0.15, 0.2) is 0 Å². The average Bonchev–Trinajstić information content (AvgIpc) is 2.77. The van der Waals surface area contributed by atoms with Gasteiger partial charge in [-0.3, -0.25) is 4.72 Å². The van der Waals surface area contributed by atoms with Crippen LogP contribution in [0.25, 0.3) is 16.7 Å². The molecule has 3 aliphatic carbocycles. The zero-order valence-corrected chi connectivity index (χ0v) is 14.1. The molecule has 4 heteroatoms. The summed E-state index contributed by atoms with van der Waals surface area (Å²) in [6.07, 6.45) is 9.46. The third-order valence-corrected chi connectivity index (χ3v) is 4.68. The summed E-state index contributed by atoms with van der Waals surface area (Å²) in [5.74, 6) is 0. The summed E-state index contributed by atoms with van der Waals surface area (Å²) in [4.78, 5) is 0. The highest BCUT2D eigenvalue weighted by atomic mass is 32.2. The van der Waals surface area contributed by atoms with Crippen LogP contribution in [0.1, 0.15) is 31.2 Å². The summed E-state index contributed by atoms with van der Waals surface area (Å²) in [5.41, 5.74) is 5.60. The Morgan fingerprint density at radius 3 is 2.65 bits per heavy atom. The first-order chi connectivity index (χ1) is 11.0. The first-order valence-electron chi connectivity index (χ1n) is 7.89. The van der Waals surface area contributed by atoms with E-state index in [4.69, 9.17) is 0 Å². The molecule has 3 rings (SSSR count). The molecule has 0 fully saturated rings. The topological polar surface area (TPSA) is 46.2 Å². The second kappa shape index (κ2) is 6.59. The van der Waals surface area contributed by atoms with E-state index in [0.717, 1.165) is 41.5 Å². The van der Waals surface area contributed by atoms with Gasteiger partial charge in [-0.1, -0.05) is 48.5 Å². The standard InChI is InChI=1S/C19H21NO2S/c1-23(21,22)20-14-19(15-8-4-2-5-9-15)18-13-12-16-10-6-3-7-11-17(16)18/h3,6-8,10-14,20H,2,4-5,9H2,1H3/b19-14-. The van der Waals surface area contributed by atoms with Gasteiger partial charge in [0.05, 0.1) is 6.26 Å². The molecule has 1 N–H and O–H groups in total. The number of sulfonamides is 1. The highest BCUT2D eigenvalue weighted by Gasteiger charge is 2.17. The zero-order chi connectivity index (χ0) is 16.3. The molecule has 0 bridgehead atoms. The van der Waals surface area contributed by atoms with Crippen molar-refractivity contribution in [2.75, 3.05) is 6.26 Å². The lowest BCUT2D eigenvalue weighted by Gasteiger charge is -2.17. The third-order valence-electron chi connectivity index (χ3n) is 4.14. The van der Waals surface area contributed by atoms with Gasteiger partial charge in [-0.2, -0.15) is 0 Å². The predicted molar refractivity (Wildman–Crippen MR) is 95.6 cm³/mol. The molecule has 0 atom stereocenters. The highest BCUT2D eigenvalue weighted by Crippen LogP contribution is 2.38. The Morgan fingerprint density at radius 1 is 1.09 bits per heavy atom. The number of rotatable bonds is 4. The average molecular weight is 327 g/mol. The molecule has 0 aliphatic heterocycles. The van der Waals surface area contributed by atoms with Crippen molar-refractivity contribution >= 4 is 15.6 Å². The first-order valence-corrected chi connectivity index (χ1v) is 9.79. The van der Waals surface area contributed by atoms with E-state index in [9.17, 15) is 8.42 Å². The van der Waals surface area contributed by atoms with E-state index in [0.29, 0.717) is 0 Å². The van der Waals surface area contributed by atoms with Crippen molar-refractivity contribution < 1.29 is 8.42 Å². The maximum absolute atomic E-state index is 11.5. The zero-order valence-electron chi connectivity index (χ0n) is 13.2. The fourth-order valence-corrected chi connectivity index (χ4v) is 3.37. The van der Waals surface area contributed by atoms with Crippen LogP contribution in [0.4, 0.5) is 0 Å². The molecule has 0 radical (unpaired) electrons. The minimum atomic E-state index is -3.27. The smallest absolute Gasteiger partial charge is 0.229 e. The lowest BCUT2D eigenvalue weighted by atomic mass is 9.89. The van der Waals surface area contributed by atoms with Crippen molar-refractivity contribution in [2.45, 2.75) is 25.7 Å². The van der Waals surface area contributed by atoms with Crippen LogP contribution in [0.5, 0.6) is 0 Å². The van der Waals surface area contributed by atoms with Crippen molar-refractivity contribution in [2.24, 2.45) is 0 Å². The fraction of sp³-hybridized carbons (Fsp3) is 0.263. The van der Waals surface area contributed by atoms with Crippen molar-refractivity contribution in [1.82, 2.24) is 4.72 Å². The van der Waals surface area contributed by atoms with Crippen LogP contribution >= 0.6 is 0 Å². The van der Waals surface area contributed by atoms with Crippen LogP contribution in [0.3, 0.4) is 0 Å². The van der Waals surface area contributed by atoms with Crippen molar-refractivity contribution in [3.63, 3.8) is 0 Å². The first kappa shape index (κ1) is 15.8. The molecule has 0 aromatic carbocycles. The van der Waals surface area contributed by atoms with E-state index in [-0.39, 0.29) is 0 Å². The van der Waals surface area contributed by atoms with E-state index in [1.54, 1.807) is 6.20 Å². The van der Waals surface area contributed by atoms with Crippen molar-refractivity contribution in [3.8, 4) is 11.1 Å². The summed E-state index contributed by atoms with van der Waals surface area (Å²) in [6, 6.07) is 14.4. The Labute approximate surface area is 138 Å². The van der Waals surface area contributed by atoms with Gasteiger partial charge in [0.25, 0.3) is 0 Å². The Hall–Kier alpha value is -2.07. The van der Waals surface area contributed by atoms with Gasteiger partial charge in [-0.05, 0) is 47.9 Å². The number of hydrogen-bond donors (Lipinski definition) is 1. The van der Waals surface area contributed by atoms with Crippen LogP contribution in [0.15, 0.2) is 60.3 Å². The summed E-state index contributed by atoms with van der Waals surface area (Å²) in [6.45, 7) is 0. The minimum Gasteiger partial charge on any atom is -0.290 e. The Kier molecular flexibility index (Phi) is 4.53. The van der Waals surface area contributed by atoms with E-state index in [1.807, 2.05) is 18.2 Å². The van der Waals surface area contributed by atoms with E-state index in [2.05, 4.69) is 35.1 Å². The minimum absolute atomic E-state index is 0.983. The molecule has 3 aliphatic rings. The lowest BCUT2D eigenvalue weighted by molar-refractivity contribution is 0.596. The van der Waals surface area contributed by atoms with Crippen molar-refractivity contribution in [3.05, 3.63) is 65.9 Å². The molecule has 0 aromatic heterocycles. The SMILES string of the molecule is CS(=O)(=O)N/C=C(/C1=CCCCC1)c1ccc2cccccc1-2. The van der Waals surface area contributed by atoms with Crippen molar-refractivity contribution in [1.29, 1.82) is 0 Å². The van der Waals surface area contributed by atoms with Gasteiger partial charge in [0.1, 0.15) is 0 Å². The maximum atomic E-state index is 11.5. The summed E-state index contributed by atoms with van der Waals surface area (Å²) < 4.78 is 25.6. The van der Waals surface area contributed by atoms with Crippen LogP contribution in [0, 0.1) is 0 Å². The van der Waals surface area contributed by atoms with Gasteiger partial charge in [-0.25, -0.2) is 8.42 Å². The van der Waals surface area contributed by atoms with E-state index < -0.39 is 10.0 Å². The van der Waals surface area contributed by atoms with Crippen LogP contribution < -0.4 is 4.72 Å². The van der Waals surface area contributed by atoms with Gasteiger partial charge in [0.2, 0.25) is 10.0 Å². The predicted octanol–water partition coefficient (Wildman–Crippen LogP) is 4.18. The molecule has 0 amide bonds. The summed E-state index contributed by atoms with van der Waals surface area (Å²) >= 11 is 0. The normalized spacial score (nSPS) is 16.2. The molecule has 120 valence electrons. The fourth-order valence-electron chi connectivity index (χ4n) is 3.04. The van der Waals surface area contributed by atoms with E-state index >= 15 is 0 Å². The number of fused-ring (bicyclic) bond motifs is 1. The third kappa shape index (κ3) is 3.82. The second-order valence-corrected chi connectivity index (χ2v) is 7.73. The monoisotopic (exact) mass is 327 g/mol. The Balaban J connectivity index is 2.09. The number of hydrogen-bond acceptors (Lipinski definition) is 2. The molecule has 0 saturated carbocycles. The van der Waals surface area contributed by atoms with Gasteiger partial charge >= 0.3 is 0 Å². The highest BCUT2D eigenvalue weighted by molar-refractivity contribution is 7.88. The molecule has 0 spiro atoms. The second-order valence-electron chi connectivity index (χ2n) is 5.95. The van der Waals surface area contributed by atoms with Crippen LogP contribution in [-0.2, 0) is 10.0 Å². The van der Waals surface area contributed by atoms with E-state index in [1.165, 1.54) is 18.2 Å². The Morgan fingerprint density at radius 2 is 1.91 bits per heavy atom. The summed E-state index contributed by atoms with van der Waals surface area (Å²) in [7, 11) is -3.27. The van der Waals surface area contributed by atoms with Gasteiger partial charge < -0.3 is 0 Å². The molecule has 0 heterocycles. The molecule has 0 saturated heterocycles. The quantitative estimate of drug-likeness (QED) is 0.915. The largest absolute Gasteiger partial charge is 0.290 e. The number of allylic oxidation sites excluding steroid dienone is 3. The summed E-state index contributed by atoms with van der Waals surface area (Å²) in [5, 5.41) is 0. The maximum Gasteiger partial charge on any atom is 0.229 e. The molecule has 23 heavy (non-hydrogen) atoms. The lowest BCUT2D eigenvalue weighted by Crippen LogP contribution is -2.16.